The van der Waals surface area contributed by atoms with Crippen LogP contribution in [0.5, 0.6) is 0 Å². The lowest BCUT2D eigenvalue weighted by atomic mass is 10.1. The number of anilines is 1. The maximum Gasteiger partial charge on any atom is 0.128 e. The third-order valence-electron chi connectivity index (χ3n) is 3.16. The lowest BCUT2D eigenvalue weighted by molar-refractivity contribution is 0.559. The fraction of sp³-hybridized carbons (Fsp3) is 0.231. The standard InChI is InChI=1S/C13H11FN4/c14-11-1-2-12(10(7-11)8-15)18-6-5-17-4-3-16-13(17)9-18/h1-4,7H,5-6,9H2. The van der Waals surface area contributed by atoms with Gasteiger partial charge in [-0.2, -0.15) is 5.26 Å². The van der Waals surface area contributed by atoms with Gasteiger partial charge in [0.15, 0.2) is 0 Å². The summed E-state index contributed by atoms with van der Waals surface area (Å²) in [5.74, 6) is 0.586. The van der Waals surface area contributed by atoms with E-state index in [2.05, 4.69) is 14.5 Å². The third-order valence-corrected chi connectivity index (χ3v) is 3.16. The number of aromatic nitrogens is 2. The molecule has 5 heteroatoms. The van der Waals surface area contributed by atoms with E-state index in [1.165, 1.54) is 12.1 Å². The van der Waals surface area contributed by atoms with E-state index in [-0.39, 0.29) is 5.82 Å². The van der Waals surface area contributed by atoms with Crippen LogP contribution in [-0.4, -0.2) is 16.1 Å². The summed E-state index contributed by atoms with van der Waals surface area (Å²) in [7, 11) is 0. The number of rotatable bonds is 1. The summed E-state index contributed by atoms with van der Waals surface area (Å²) in [6, 6.07) is 6.36. The van der Waals surface area contributed by atoms with Crippen molar-refractivity contribution in [3.8, 4) is 6.07 Å². The summed E-state index contributed by atoms with van der Waals surface area (Å²) in [5, 5.41) is 9.06. The molecule has 0 spiro atoms. The van der Waals surface area contributed by atoms with Crippen LogP contribution in [0.2, 0.25) is 0 Å². The first-order valence-corrected chi connectivity index (χ1v) is 5.72. The highest BCUT2D eigenvalue weighted by molar-refractivity contribution is 5.59. The van der Waals surface area contributed by atoms with Gasteiger partial charge >= 0.3 is 0 Å². The monoisotopic (exact) mass is 242 g/mol. The average molecular weight is 242 g/mol. The molecular weight excluding hydrogens is 231 g/mol. The molecule has 0 amide bonds. The minimum atomic E-state index is -0.381. The SMILES string of the molecule is N#Cc1cc(F)ccc1N1CCn2ccnc2C1. The summed E-state index contributed by atoms with van der Waals surface area (Å²) in [6.45, 7) is 2.27. The quantitative estimate of drug-likeness (QED) is 0.767. The van der Waals surface area contributed by atoms with Gasteiger partial charge < -0.3 is 9.47 Å². The normalized spacial score (nSPS) is 14.1. The molecule has 0 unspecified atom stereocenters. The Morgan fingerprint density at radius 1 is 1.33 bits per heavy atom. The van der Waals surface area contributed by atoms with Crippen LogP contribution in [0.25, 0.3) is 0 Å². The zero-order valence-corrected chi connectivity index (χ0v) is 9.67. The molecule has 18 heavy (non-hydrogen) atoms. The van der Waals surface area contributed by atoms with Gasteiger partial charge in [0, 0.05) is 25.5 Å². The second-order valence-corrected chi connectivity index (χ2v) is 4.23. The van der Waals surface area contributed by atoms with E-state index < -0.39 is 0 Å². The van der Waals surface area contributed by atoms with Gasteiger partial charge in [-0.15, -0.1) is 0 Å². The van der Waals surface area contributed by atoms with E-state index in [0.717, 1.165) is 24.6 Å². The molecule has 1 aliphatic heterocycles. The van der Waals surface area contributed by atoms with Crippen molar-refractivity contribution in [1.82, 2.24) is 9.55 Å². The maximum atomic E-state index is 13.1. The van der Waals surface area contributed by atoms with E-state index in [0.29, 0.717) is 12.1 Å². The molecule has 2 heterocycles. The van der Waals surface area contributed by atoms with Crippen LogP contribution >= 0.6 is 0 Å². The number of halogens is 1. The van der Waals surface area contributed by atoms with Crippen molar-refractivity contribution in [1.29, 1.82) is 5.26 Å². The predicted octanol–water partition coefficient (Wildman–Crippen LogP) is 1.91. The van der Waals surface area contributed by atoms with Gasteiger partial charge in [-0.05, 0) is 18.2 Å². The second kappa shape index (κ2) is 4.15. The number of benzene rings is 1. The van der Waals surface area contributed by atoms with Crippen molar-refractivity contribution in [2.24, 2.45) is 0 Å². The zero-order chi connectivity index (χ0) is 12.5. The van der Waals surface area contributed by atoms with Gasteiger partial charge in [-0.25, -0.2) is 9.37 Å². The molecule has 0 saturated heterocycles. The minimum Gasteiger partial charge on any atom is -0.361 e. The lowest BCUT2D eigenvalue weighted by Crippen LogP contribution is -2.34. The van der Waals surface area contributed by atoms with Crippen molar-refractivity contribution in [2.75, 3.05) is 11.4 Å². The smallest absolute Gasteiger partial charge is 0.128 e. The summed E-state index contributed by atoms with van der Waals surface area (Å²) < 4.78 is 15.2. The summed E-state index contributed by atoms with van der Waals surface area (Å²) in [5.41, 5.74) is 1.14. The first-order chi connectivity index (χ1) is 8.78. The van der Waals surface area contributed by atoms with Crippen molar-refractivity contribution in [2.45, 2.75) is 13.1 Å². The second-order valence-electron chi connectivity index (χ2n) is 4.23. The number of hydrogen-bond acceptors (Lipinski definition) is 3. The van der Waals surface area contributed by atoms with Gasteiger partial charge in [0.25, 0.3) is 0 Å². The average Bonchev–Trinajstić information content (AvgIpc) is 2.85. The van der Waals surface area contributed by atoms with Gasteiger partial charge in [0.05, 0.1) is 17.8 Å². The van der Waals surface area contributed by atoms with Crippen LogP contribution < -0.4 is 4.90 Å². The Morgan fingerprint density at radius 3 is 3.06 bits per heavy atom. The maximum absolute atomic E-state index is 13.1. The van der Waals surface area contributed by atoms with Gasteiger partial charge in [0.1, 0.15) is 17.7 Å². The molecule has 1 aromatic heterocycles. The van der Waals surface area contributed by atoms with E-state index in [1.54, 1.807) is 12.3 Å². The van der Waals surface area contributed by atoms with Gasteiger partial charge in [0.2, 0.25) is 0 Å². The molecule has 1 aromatic carbocycles. The molecule has 0 N–H and O–H groups in total. The molecule has 0 radical (unpaired) electrons. The van der Waals surface area contributed by atoms with E-state index in [9.17, 15) is 4.39 Å². The number of nitrogens with zero attached hydrogens (tertiary/aromatic N) is 4. The summed E-state index contributed by atoms with van der Waals surface area (Å²) in [4.78, 5) is 6.33. The van der Waals surface area contributed by atoms with Crippen molar-refractivity contribution < 1.29 is 4.39 Å². The van der Waals surface area contributed by atoms with Crippen LogP contribution in [-0.2, 0) is 13.1 Å². The van der Waals surface area contributed by atoms with Crippen molar-refractivity contribution in [3.05, 3.63) is 47.8 Å². The molecule has 2 aromatic rings. The van der Waals surface area contributed by atoms with Crippen LogP contribution in [0.1, 0.15) is 11.4 Å². The summed E-state index contributed by atoms with van der Waals surface area (Å²) >= 11 is 0. The Bertz CT molecular complexity index is 626. The van der Waals surface area contributed by atoms with E-state index in [1.807, 2.05) is 12.3 Å². The Labute approximate surface area is 104 Å². The van der Waals surface area contributed by atoms with E-state index >= 15 is 0 Å². The number of nitriles is 1. The first-order valence-electron chi connectivity index (χ1n) is 5.72. The molecule has 4 nitrogen and oxygen atoms in total. The van der Waals surface area contributed by atoms with Crippen LogP contribution in [0.3, 0.4) is 0 Å². The van der Waals surface area contributed by atoms with Crippen LogP contribution in [0, 0.1) is 17.1 Å². The first kappa shape index (κ1) is 10.8. The van der Waals surface area contributed by atoms with E-state index in [4.69, 9.17) is 5.26 Å². The molecule has 90 valence electrons. The summed E-state index contributed by atoms with van der Waals surface area (Å²) in [6.07, 6.45) is 3.72. The predicted molar refractivity (Wildman–Crippen MR) is 64.4 cm³/mol. The highest BCUT2D eigenvalue weighted by Crippen LogP contribution is 2.24. The molecule has 1 aliphatic rings. The molecule has 0 atom stereocenters. The molecule has 0 fully saturated rings. The third kappa shape index (κ3) is 1.72. The van der Waals surface area contributed by atoms with Gasteiger partial charge in [-0.3, -0.25) is 0 Å². The number of hydrogen-bond donors (Lipinski definition) is 0. The highest BCUT2D eigenvalue weighted by atomic mass is 19.1. The molecule has 0 aliphatic carbocycles. The fourth-order valence-electron chi connectivity index (χ4n) is 2.25. The van der Waals surface area contributed by atoms with Gasteiger partial charge in [-0.1, -0.05) is 0 Å². The van der Waals surface area contributed by atoms with Crippen LogP contribution in [0.15, 0.2) is 30.6 Å². The van der Waals surface area contributed by atoms with Crippen LogP contribution in [0.4, 0.5) is 10.1 Å². The Hall–Kier alpha value is -2.35. The van der Waals surface area contributed by atoms with Crippen molar-refractivity contribution >= 4 is 5.69 Å². The molecule has 3 rings (SSSR count). The Kier molecular flexibility index (Phi) is 2.49. The number of fused-ring (bicyclic) bond motifs is 1. The largest absolute Gasteiger partial charge is 0.361 e. The minimum absolute atomic E-state index is 0.370. The lowest BCUT2D eigenvalue weighted by Gasteiger charge is -2.30. The fourth-order valence-corrected chi connectivity index (χ4v) is 2.25. The highest BCUT2D eigenvalue weighted by Gasteiger charge is 2.19. The topological polar surface area (TPSA) is 44.9 Å². The van der Waals surface area contributed by atoms with Crippen molar-refractivity contribution in [3.63, 3.8) is 0 Å². The Morgan fingerprint density at radius 2 is 2.22 bits per heavy atom. The molecule has 0 bridgehead atoms. The number of imidazole rings is 1. The molecule has 0 saturated carbocycles. The molecular formula is C13H11FN4. The Balaban J connectivity index is 1.96. The zero-order valence-electron chi connectivity index (χ0n) is 9.67.